The van der Waals surface area contributed by atoms with E-state index in [4.69, 9.17) is 5.73 Å². The van der Waals surface area contributed by atoms with Crippen molar-refractivity contribution in [3.63, 3.8) is 0 Å². The number of benzene rings is 1. The normalized spacial score (nSPS) is 10.3. The topological polar surface area (TPSA) is 43.1 Å². The van der Waals surface area contributed by atoms with Gasteiger partial charge in [-0.2, -0.15) is 0 Å². The number of rotatable bonds is 3. The molecule has 2 N–H and O–H groups in total. The van der Waals surface area contributed by atoms with Gasteiger partial charge in [0, 0.05) is 10.9 Å². The summed E-state index contributed by atoms with van der Waals surface area (Å²) in [6, 6.07) is 3.12. The Hall–Kier alpha value is -0.740. The number of nitrogens with two attached hydrogens (primary N) is 1. The van der Waals surface area contributed by atoms with Crippen LogP contribution in [0.4, 0.5) is 4.39 Å². The van der Waals surface area contributed by atoms with Crippen LogP contribution in [-0.2, 0) is 0 Å². The molecule has 1 rings (SSSR count). The standard InChI is InChI=1S/C10H11BrFNO/c1-6-4-7(11)5-8(10(6)12)9(14)2-3-13/h4-5H,2-3,13H2,1H3. The zero-order valence-electron chi connectivity index (χ0n) is 7.81. The first-order valence-corrected chi connectivity index (χ1v) is 5.04. The molecule has 0 amide bonds. The Morgan fingerprint density at radius 3 is 2.79 bits per heavy atom. The van der Waals surface area contributed by atoms with Crippen LogP contribution in [0.2, 0.25) is 0 Å². The van der Waals surface area contributed by atoms with E-state index in [1.165, 1.54) is 6.07 Å². The molecule has 0 spiro atoms. The molecule has 0 unspecified atom stereocenters. The van der Waals surface area contributed by atoms with Crippen molar-refractivity contribution in [1.29, 1.82) is 0 Å². The van der Waals surface area contributed by atoms with Crippen LogP contribution in [0.5, 0.6) is 0 Å². The fourth-order valence-electron chi connectivity index (χ4n) is 1.19. The maximum absolute atomic E-state index is 13.5. The first kappa shape index (κ1) is 11.3. The van der Waals surface area contributed by atoms with Gasteiger partial charge in [0.05, 0.1) is 5.56 Å². The lowest BCUT2D eigenvalue weighted by atomic mass is 10.0. The predicted octanol–water partition coefficient (Wildman–Crippen LogP) is 2.43. The van der Waals surface area contributed by atoms with E-state index in [0.717, 1.165) is 0 Å². The van der Waals surface area contributed by atoms with Gasteiger partial charge in [-0.05, 0) is 31.2 Å². The van der Waals surface area contributed by atoms with E-state index in [-0.39, 0.29) is 24.3 Å². The van der Waals surface area contributed by atoms with Gasteiger partial charge < -0.3 is 5.73 Å². The van der Waals surface area contributed by atoms with E-state index >= 15 is 0 Å². The second-order valence-electron chi connectivity index (χ2n) is 3.05. The van der Waals surface area contributed by atoms with Gasteiger partial charge in [0.2, 0.25) is 0 Å². The van der Waals surface area contributed by atoms with Gasteiger partial charge in [-0.15, -0.1) is 0 Å². The minimum absolute atomic E-state index is 0.113. The molecule has 2 nitrogen and oxygen atoms in total. The summed E-state index contributed by atoms with van der Waals surface area (Å²) in [4.78, 5) is 11.4. The van der Waals surface area contributed by atoms with Gasteiger partial charge in [0.15, 0.2) is 5.78 Å². The molecule has 76 valence electrons. The van der Waals surface area contributed by atoms with Gasteiger partial charge in [-0.25, -0.2) is 4.39 Å². The quantitative estimate of drug-likeness (QED) is 0.848. The molecule has 14 heavy (non-hydrogen) atoms. The molecule has 0 atom stereocenters. The molecular weight excluding hydrogens is 249 g/mol. The molecule has 0 saturated carbocycles. The molecule has 1 aromatic carbocycles. The maximum atomic E-state index is 13.5. The van der Waals surface area contributed by atoms with Crippen molar-refractivity contribution in [2.45, 2.75) is 13.3 Å². The Morgan fingerprint density at radius 1 is 1.57 bits per heavy atom. The average Bonchev–Trinajstić information content (AvgIpc) is 2.11. The van der Waals surface area contributed by atoms with Crippen LogP contribution in [0.1, 0.15) is 22.3 Å². The summed E-state index contributed by atoms with van der Waals surface area (Å²) in [6.45, 7) is 1.86. The van der Waals surface area contributed by atoms with Crippen LogP contribution in [0.3, 0.4) is 0 Å². The number of carbonyl (C=O) groups excluding carboxylic acids is 1. The summed E-state index contributed by atoms with van der Waals surface area (Å²) in [5.74, 6) is -0.707. The van der Waals surface area contributed by atoms with Crippen LogP contribution >= 0.6 is 15.9 Å². The molecule has 0 fully saturated rings. The third-order valence-electron chi connectivity index (χ3n) is 1.89. The Balaban J connectivity index is 3.13. The van der Waals surface area contributed by atoms with Crippen LogP contribution < -0.4 is 5.73 Å². The summed E-state index contributed by atoms with van der Waals surface area (Å²) in [7, 11) is 0. The van der Waals surface area contributed by atoms with Crippen LogP contribution in [0.15, 0.2) is 16.6 Å². The van der Waals surface area contributed by atoms with E-state index in [2.05, 4.69) is 15.9 Å². The fraction of sp³-hybridized carbons (Fsp3) is 0.300. The third kappa shape index (κ3) is 2.39. The second kappa shape index (κ2) is 4.66. The molecular formula is C10H11BrFNO. The number of ketones is 1. The summed E-state index contributed by atoms with van der Waals surface area (Å²) in [5, 5.41) is 0. The predicted molar refractivity (Wildman–Crippen MR) is 56.8 cm³/mol. The Kier molecular flexibility index (Phi) is 3.77. The van der Waals surface area contributed by atoms with Crippen molar-refractivity contribution >= 4 is 21.7 Å². The molecule has 0 radical (unpaired) electrons. The molecule has 0 aliphatic rings. The average molecular weight is 260 g/mol. The van der Waals surface area contributed by atoms with E-state index < -0.39 is 5.82 Å². The molecule has 0 aliphatic heterocycles. The van der Waals surface area contributed by atoms with Gasteiger partial charge in [0.1, 0.15) is 5.82 Å². The van der Waals surface area contributed by atoms with Gasteiger partial charge in [-0.3, -0.25) is 4.79 Å². The number of hydrogen-bond donors (Lipinski definition) is 1. The number of carbonyl (C=O) groups is 1. The Labute approximate surface area is 90.4 Å². The number of Topliss-reactive ketones (excluding diaryl/α,β-unsaturated/α-hetero) is 1. The van der Waals surface area contributed by atoms with E-state index in [1.54, 1.807) is 13.0 Å². The molecule has 1 aromatic rings. The van der Waals surface area contributed by atoms with Crippen LogP contribution in [0.25, 0.3) is 0 Å². The van der Waals surface area contributed by atoms with Crippen molar-refractivity contribution in [2.75, 3.05) is 6.54 Å². The van der Waals surface area contributed by atoms with Crippen LogP contribution in [0, 0.1) is 12.7 Å². The monoisotopic (exact) mass is 259 g/mol. The molecule has 0 saturated heterocycles. The molecule has 0 aromatic heterocycles. The first-order chi connectivity index (χ1) is 6.56. The van der Waals surface area contributed by atoms with Crippen molar-refractivity contribution in [3.8, 4) is 0 Å². The minimum Gasteiger partial charge on any atom is -0.330 e. The number of hydrogen-bond acceptors (Lipinski definition) is 2. The number of aryl methyl sites for hydroxylation is 1. The zero-order valence-corrected chi connectivity index (χ0v) is 9.40. The van der Waals surface area contributed by atoms with Crippen LogP contribution in [-0.4, -0.2) is 12.3 Å². The van der Waals surface area contributed by atoms with Crippen molar-refractivity contribution in [1.82, 2.24) is 0 Å². The highest BCUT2D eigenvalue weighted by Crippen LogP contribution is 2.20. The largest absolute Gasteiger partial charge is 0.330 e. The summed E-state index contributed by atoms with van der Waals surface area (Å²) < 4.78 is 14.2. The van der Waals surface area contributed by atoms with E-state index in [1.807, 2.05) is 0 Å². The fourth-order valence-corrected chi connectivity index (χ4v) is 1.77. The van der Waals surface area contributed by atoms with Crippen molar-refractivity contribution in [2.24, 2.45) is 5.73 Å². The van der Waals surface area contributed by atoms with Crippen molar-refractivity contribution < 1.29 is 9.18 Å². The van der Waals surface area contributed by atoms with E-state index in [0.29, 0.717) is 10.0 Å². The SMILES string of the molecule is Cc1cc(Br)cc(C(=O)CCN)c1F. The highest BCUT2D eigenvalue weighted by molar-refractivity contribution is 9.10. The summed E-state index contributed by atoms with van der Waals surface area (Å²) in [6.07, 6.45) is 0.173. The minimum atomic E-state index is -0.452. The lowest BCUT2D eigenvalue weighted by molar-refractivity contribution is 0.0981. The van der Waals surface area contributed by atoms with Gasteiger partial charge >= 0.3 is 0 Å². The molecule has 0 heterocycles. The third-order valence-corrected chi connectivity index (χ3v) is 2.35. The maximum Gasteiger partial charge on any atom is 0.167 e. The highest BCUT2D eigenvalue weighted by Gasteiger charge is 2.13. The second-order valence-corrected chi connectivity index (χ2v) is 3.96. The highest BCUT2D eigenvalue weighted by atomic mass is 79.9. The van der Waals surface area contributed by atoms with E-state index in [9.17, 15) is 9.18 Å². The zero-order chi connectivity index (χ0) is 10.7. The lowest BCUT2D eigenvalue weighted by Crippen LogP contribution is -2.10. The Bertz CT molecular complexity index is 365. The molecule has 4 heteroatoms. The lowest BCUT2D eigenvalue weighted by Gasteiger charge is -2.05. The smallest absolute Gasteiger partial charge is 0.167 e. The summed E-state index contributed by atoms with van der Waals surface area (Å²) in [5.41, 5.74) is 5.81. The van der Waals surface area contributed by atoms with Gasteiger partial charge in [0.25, 0.3) is 0 Å². The number of halogens is 2. The Morgan fingerprint density at radius 2 is 2.21 bits per heavy atom. The molecule has 0 bridgehead atoms. The van der Waals surface area contributed by atoms with Crippen molar-refractivity contribution in [3.05, 3.63) is 33.5 Å². The first-order valence-electron chi connectivity index (χ1n) is 4.25. The molecule has 0 aliphatic carbocycles. The summed E-state index contributed by atoms with van der Waals surface area (Å²) >= 11 is 3.22. The van der Waals surface area contributed by atoms with Gasteiger partial charge in [-0.1, -0.05) is 15.9 Å².